The first-order chi connectivity index (χ1) is 26.8. The maximum atomic E-state index is 12.7. The Morgan fingerprint density at radius 2 is 1.67 bits per heavy atom. The van der Waals surface area contributed by atoms with Gasteiger partial charge in [0.25, 0.3) is 0 Å². The van der Waals surface area contributed by atoms with Crippen LogP contribution >= 0.6 is 35.2 Å². The zero-order chi connectivity index (χ0) is 43.6. The van der Waals surface area contributed by atoms with Gasteiger partial charge in [0, 0.05) is 43.5 Å². The number of ketones is 1. The van der Waals surface area contributed by atoms with Crippen molar-refractivity contribution in [3.05, 3.63) is 12.7 Å². The van der Waals surface area contributed by atoms with Crippen molar-refractivity contribution in [2.75, 3.05) is 37.8 Å². The number of aliphatic hydroxyl groups excluding tert-OH is 2. The average Bonchev–Trinajstić information content (AvgIpc) is 3.66. The van der Waals surface area contributed by atoms with Crippen LogP contribution in [0.1, 0.15) is 45.8 Å². The van der Waals surface area contributed by atoms with Gasteiger partial charge in [-0.25, -0.2) is 28.6 Å². The van der Waals surface area contributed by atoms with Crippen LogP contribution in [0.2, 0.25) is 0 Å². The molecule has 3 rings (SSSR count). The molecule has 0 aliphatic carbocycles. The number of aliphatic carboxylic acids is 1. The Hall–Kier alpha value is -3.30. The van der Waals surface area contributed by atoms with Crippen molar-refractivity contribution in [1.29, 1.82) is 0 Å². The number of imidazole rings is 1. The number of anilines is 1. The van der Waals surface area contributed by atoms with Crippen LogP contribution in [0.3, 0.4) is 0 Å². The van der Waals surface area contributed by atoms with Gasteiger partial charge >= 0.3 is 29.4 Å². The fourth-order valence-corrected chi connectivity index (χ4v) is 8.37. The van der Waals surface area contributed by atoms with Crippen LogP contribution in [0.15, 0.2) is 12.7 Å². The number of aliphatic hydroxyl groups is 2. The number of Topliss-reactive ketones (excluding diaryl/α,β-unsaturated/α-hetero) is 1. The maximum Gasteiger partial charge on any atom is 0.481 e. The molecule has 2 amide bonds. The first-order valence-electron chi connectivity index (χ1n) is 16.6. The lowest BCUT2D eigenvalue weighted by Crippen LogP contribution is -2.46. The Kier molecular flexibility index (Phi) is 17.6. The first kappa shape index (κ1) is 49.1. The third kappa shape index (κ3) is 15.4. The molecule has 7 atom stereocenters. The van der Waals surface area contributed by atoms with E-state index in [2.05, 4.69) is 34.4 Å². The van der Waals surface area contributed by atoms with Crippen molar-refractivity contribution in [3.63, 3.8) is 0 Å². The van der Waals surface area contributed by atoms with Gasteiger partial charge in [-0.05, 0) is 0 Å². The molecule has 1 saturated heterocycles. The van der Waals surface area contributed by atoms with Gasteiger partial charge in [-0.3, -0.25) is 42.1 Å². The number of thioether (sulfide) groups is 1. The average molecular weight is 910 g/mol. The number of fused-ring (bicyclic) bond motifs is 1. The number of carbonyl (C=O) groups excluding carboxylic acids is 4. The number of carboxylic acid groups (broad SMARTS) is 1. The molecule has 2 aromatic rings. The number of carboxylic acids is 1. The largest absolute Gasteiger partial charge is 0.481 e. The summed E-state index contributed by atoms with van der Waals surface area (Å²) in [5.41, 5.74) is 4.17. The number of amides is 2. The molecule has 0 saturated carbocycles. The van der Waals surface area contributed by atoms with Gasteiger partial charge in [0.15, 0.2) is 22.8 Å². The number of phosphoric ester groups is 3. The number of nitrogen functional groups attached to an aromatic ring is 1. The van der Waals surface area contributed by atoms with Crippen LogP contribution in [0, 0.1) is 5.41 Å². The minimum Gasteiger partial charge on any atom is -0.481 e. The van der Waals surface area contributed by atoms with Crippen LogP contribution in [0.4, 0.5) is 5.82 Å². The first-order valence-corrected chi connectivity index (χ1v) is 22.1. The fourth-order valence-electron chi connectivity index (χ4n) is 4.87. The summed E-state index contributed by atoms with van der Waals surface area (Å²) < 4.78 is 62.0. The van der Waals surface area contributed by atoms with Gasteiger partial charge in [0.1, 0.15) is 48.5 Å². The molecule has 11 N–H and O–H groups in total. The molecular weight excluding hydrogens is 867 g/mol. The molecule has 0 spiro atoms. The molecule has 1 aliphatic rings. The summed E-state index contributed by atoms with van der Waals surface area (Å²) in [7, 11) is -16.5. The van der Waals surface area contributed by atoms with Crippen LogP contribution in [0.25, 0.3) is 11.2 Å². The highest BCUT2D eigenvalue weighted by molar-refractivity contribution is 8.13. The number of hydrogen-bond acceptors (Lipinski definition) is 20. The van der Waals surface area contributed by atoms with Gasteiger partial charge in [-0.15, -0.1) is 0 Å². The Morgan fingerprint density at radius 3 is 2.33 bits per heavy atom. The van der Waals surface area contributed by atoms with Crippen LogP contribution in [0.5, 0.6) is 0 Å². The molecule has 0 aromatic carbocycles. The molecule has 2 unspecified atom stereocenters. The van der Waals surface area contributed by atoms with Crippen LogP contribution in [-0.4, -0.2) is 140 Å². The Balaban J connectivity index is 1.45. The van der Waals surface area contributed by atoms with Crippen molar-refractivity contribution in [2.24, 2.45) is 5.41 Å². The van der Waals surface area contributed by atoms with Crippen molar-refractivity contribution in [3.8, 4) is 0 Å². The molecule has 326 valence electrons. The van der Waals surface area contributed by atoms with Gasteiger partial charge in [0.2, 0.25) is 11.8 Å². The van der Waals surface area contributed by atoms with Gasteiger partial charge in [-0.1, -0.05) is 25.6 Å². The molecule has 27 nitrogen and oxygen atoms in total. The Morgan fingerprint density at radius 1 is 1.00 bits per heavy atom. The Labute approximate surface area is 331 Å². The second-order valence-corrected chi connectivity index (χ2v) is 18.3. The van der Waals surface area contributed by atoms with Gasteiger partial charge in [-0.2, -0.15) is 4.31 Å². The van der Waals surface area contributed by atoms with Crippen molar-refractivity contribution >= 4 is 80.9 Å². The number of nitrogens with one attached hydrogen (secondary N) is 2. The van der Waals surface area contributed by atoms with E-state index in [1.165, 1.54) is 13.8 Å². The number of rotatable bonds is 24. The Bertz CT molecular complexity index is 1960. The third-order valence-corrected chi connectivity index (χ3v) is 11.8. The topological polar surface area (TPSA) is 418 Å². The molecule has 31 heteroatoms. The lowest BCUT2D eigenvalue weighted by Gasteiger charge is -2.30. The van der Waals surface area contributed by atoms with Crippen LogP contribution in [-0.2, 0) is 60.3 Å². The summed E-state index contributed by atoms with van der Waals surface area (Å²) in [6.45, 7) is 0.123. The standard InChI is InChI=1S/C27H42N7O20P3S/c1-27(2,22(41)25(42)30-6-5-16(36)29-7-8-58-18(39)4-3-14(35)9-17(37)38)11-51-57(48,49)54-56(46,47)50-10-15-21(53-55(43,44)45)20(40)26(52-15)34-13-33-19-23(28)31-12-32-24(19)34/h12-13,15,20-22,26,40-41H,3-11H2,1-2H3,(H,29,36)(H,30,42)(H,37,38)(H,46,47)(H,48,49)(H2,28,31,32)(H2,43,44,45)/t15-,20-,21-,22+,26-/m1/s1. The molecule has 1 fully saturated rings. The molecule has 3 heterocycles. The fraction of sp³-hybridized carbons (Fsp3) is 0.630. The smallest absolute Gasteiger partial charge is 0.481 e. The second kappa shape index (κ2) is 20.8. The number of nitrogens with zero attached hydrogens (tertiary/aromatic N) is 4. The number of hydrogen-bond donors (Lipinski definition) is 10. The van der Waals surface area contributed by atoms with E-state index in [4.69, 9.17) is 24.6 Å². The molecule has 2 aromatic heterocycles. The molecule has 1 aliphatic heterocycles. The summed E-state index contributed by atoms with van der Waals surface area (Å²) in [5.74, 6) is -3.36. The summed E-state index contributed by atoms with van der Waals surface area (Å²) in [4.78, 5) is 109. The summed E-state index contributed by atoms with van der Waals surface area (Å²) in [5, 5.41) is 34.4. The lowest BCUT2D eigenvalue weighted by atomic mass is 9.87. The van der Waals surface area contributed by atoms with E-state index in [0.717, 1.165) is 29.0 Å². The molecule has 58 heavy (non-hydrogen) atoms. The quantitative estimate of drug-likeness (QED) is 0.0325. The third-order valence-electron chi connectivity index (χ3n) is 7.72. The summed E-state index contributed by atoms with van der Waals surface area (Å²) >= 11 is 0.831. The SMILES string of the molecule is CC(C)(COP(=O)(O)OP(=O)(O)OC[C@H]1O[C@@H](n2cnc3c(N)ncnc32)[C@H](O)[C@@H]1OP(=O)(O)O)[C@@H](O)C(=O)NCCC(=O)NCCSC(=O)CCC(=O)CC(=O)O. The van der Waals surface area contributed by atoms with E-state index in [-0.39, 0.29) is 60.2 Å². The van der Waals surface area contributed by atoms with E-state index in [9.17, 15) is 67.5 Å². The zero-order valence-electron chi connectivity index (χ0n) is 30.5. The maximum absolute atomic E-state index is 12.7. The van der Waals surface area contributed by atoms with Crippen molar-refractivity contribution in [2.45, 2.75) is 70.2 Å². The summed E-state index contributed by atoms with van der Waals surface area (Å²) in [6.07, 6.45) is -8.22. The van der Waals surface area contributed by atoms with Crippen molar-refractivity contribution in [1.82, 2.24) is 30.2 Å². The minimum atomic E-state index is -5.60. The highest BCUT2D eigenvalue weighted by Crippen LogP contribution is 2.61. The van der Waals surface area contributed by atoms with Gasteiger partial charge < -0.3 is 56.0 Å². The minimum absolute atomic E-state index is 0.0147. The van der Waals surface area contributed by atoms with Crippen LogP contribution < -0.4 is 16.4 Å². The molecular formula is C27H42N7O20P3S. The van der Waals surface area contributed by atoms with E-state index in [0.29, 0.717) is 0 Å². The predicted molar refractivity (Wildman–Crippen MR) is 194 cm³/mol. The number of carbonyl (C=O) groups is 5. The van der Waals surface area contributed by atoms with Gasteiger partial charge in [0.05, 0.1) is 19.5 Å². The number of nitrogens with two attached hydrogens (primary N) is 1. The normalized spacial score (nSPS) is 21.2. The monoisotopic (exact) mass is 909 g/mol. The second-order valence-electron chi connectivity index (χ2n) is 12.9. The number of ether oxygens (including phenoxy) is 1. The van der Waals surface area contributed by atoms with E-state index < -0.39 is 103 Å². The van der Waals surface area contributed by atoms with Crippen molar-refractivity contribution < 1.29 is 95.2 Å². The number of aromatic nitrogens is 4. The zero-order valence-corrected chi connectivity index (χ0v) is 34.0. The van der Waals surface area contributed by atoms with E-state index in [1.54, 1.807) is 0 Å². The van der Waals surface area contributed by atoms with E-state index >= 15 is 0 Å². The molecule has 0 bridgehead atoms. The lowest BCUT2D eigenvalue weighted by molar-refractivity contribution is -0.140. The predicted octanol–water partition coefficient (Wildman–Crippen LogP) is -1.51. The number of phosphoric acid groups is 3. The highest BCUT2D eigenvalue weighted by Gasteiger charge is 2.50. The summed E-state index contributed by atoms with van der Waals surface area (Å²) in [6, 6.07) is 0. The van der Waals surface area contributed by atoms with E-state index in [1.807, 2.05) is 0 Å². The highest BCUT2D eigenvalue weighted by atomic mass is 32.2. The molecule has 0 radical (unpaired) electrons.